The van der Waals surface area contributed by atoms with Crippen LogP contribution in [-0.2, 0) is 0 Å². The smallest absolute Gasteiger partial charge is 0.129 e. The van der Waals surface area contributed by atoms with Crippen molar-refractivity contribution >= 4 is 11.6 Å². The number of hydrogen-bond acceptors (Lipinski definition) is 1. The van der Waals surface area contributed by atoms with Crippen LogP contribution in [-0.4, -0.2) is 5.11 Å². The molecule has 0 fully saturated rings. The average Bonchev–Trinajstić information content (AvgIpc) is 2.29. The Kier molecular flexibility index (Phi) is 3.22. The van der Waals surface area contributed by atoms with E-state index >= 15 is 0 Å². The molecule has 0 saturated carbocycles. The molecular weight excluding hydrogens is 227 g/mol. The van der Waals surface area contributed by atoms with Crippen molar-refractivity contribution < 1.29 is 9.50 Å². The number of hydrogen-bond donors (Lipinski definition) is 1. The number of aliphatic hydroxyl groups excluding tert-OH is 1. The normalized spacial score (nSPS) is 12.4. The van der Waals surface area contributed by atoms with Crippen LogP contribution in [0.1, 0.15) is 17.2 Å². The molecule has 1 atom stereocenters. The Morgan fingerprint density at radius 3 is 2.12 bits per heavy atom. The van der Waals surface area contributed by atoms with Gasteiger partial charge in [0.25, 0.3) is 0 Å². The molecule has 3 heteroatoms. The van der Waals surface area contributed by atoms with Gasteiger partial charge in [0.2, 0.25) is 0 Å². The molecule has 16 heavy (non-hydrogen) atoms. The van der Waals surface area contributed by atoms with Crippen LogP contribution in [0.4, 0.5) is 4.39 Å². The van der Waals surface area contributed by atoms with Gasteiger partial charge in [0.05, 0.1) is 0 Å². The first-order chi connectivity index (χ1) is 7.70. The van der Waals surface area contributed by atoms with E-state index in [0.717, 1.165) is 0 Å². The lowest BCUT2D eigenvalue weighted by Gasteiger charge is -2.13. The summed E-state index contributed by atoms with van der Waals surface area (Å²) in [4.78, 5) is 0. The van der Waals surface area contributed by atoms with Crippen molar-refractivity contribution in [3.8, 4) is 0 Å². The van der Waals surface area contributed by atoms with Crippen molar-refractivity contribution in [3.05, 3.63) is 70.5 Å². The molecule has 82 valence electrons. The molecule has 0 radical (unpaired) electrons. The molecule has 0 aliphatic rings. The first kappa shape index (κ1) is 11.1. The average molecular weight is 237 g/mol. The highest BCUT2D eigenvalue weighted by Gasteiger charge is 2.16. The molecule has 1 N–H and O–H groups in total. The fourth-order valence-corrected chi connectivity index (χ4v) is 1.80. The third-order valence-electron chi connectivity index (χ3n) is 2.40. The summed E-state index contributed by atoms with van der Waals surface area (Å²) in [6, 6.07) is 13.0. The predicted molar refractivity (Wildman–Crippen MR) is 61.9 cm³/mol. The van der Waals surface area contributed by atoms with E-state index < -0.39 is 11.9 Å². The van der Waals surface area contributed by atoms with Gasteiger partial charge < -0.3 is 5.11 Å². The second-order valence-electron chi connectivity index (χ2n) is 3.45. The van der Waals surface area contributed by atoms with E-state index in [0.29, 0.717) is 10.6 Å². The third kappa shape index (κ3) is 2.08. The summed E-state index contributed by atoms with van der Waals surface area (Å²) in [6.07, 6.45) is -1.03. The second kappa shape index (κ2) is 4.64. The second-order valence-corrected chi connectivity index (χ2v) is 3.85. The fourth-order valence-electron chi connectivity index (χ4n) is 1.56. The molecule has 2 rings (SSSR count). The molecule has 0 spiro atoms. The Morgan fingerprint density at radius 1 is 0.938 bits per heavy atom. The van der Waals surface area contributed by atoms with E-state index in [4.69, 9.17) is 11.6 Å². The summed E-state index contributed by atoms with van der Waals surface area (Å²) in [5, 5.41) is 10.5. The molecule has 0 aliphatic heterocycles. The molecule has 0 amide bonds. The number of aliphatic hydroxyl groups is 1. The summed E-state index contributed by atoms with van der Waals surface area (Å²) in [7, 11) is 0. The maximum absolute atomic E-state index is 13.5. The molecule has 2 aromatic rings. The third-order valence-corrected chi connectivity index (χ3v) is 2.74. The van der Waals surface area contributed by atoms with Gasteiger partial charge in [0.1, 0.15) is 11.9 Å². The van der Waals surface area contributed by atoms with Gasteiger partial charge in [0, 0.05) is 16.1 Å². The highest BCUT2D eigenvalue weighted by molar-refractivity contribution is 6.31. The van der Waals surface area contributed by atoms with Gasteiger partial charge in [-0.15, -0.1) is 0 Å². The van der Waals surface area contributed by atoms with Crippen molar-refractivity contribution in [1.82, 2.24) is 0 Å². The van der Waals surface area contributed by atoms with Crippen molar-refractivity contribution in [2.24, 2.45) is 0 Å². The number of benzene rings is 2. The summed E-state index contributed by atoms with van der Waals surface area (Å²) in [5.74, 6) is -0.435. The largest absolute Gasteiger partial charge is 0.383 e. The van der Waals surface area contributed by atoms with Gasteiger partial charge in [-0.2, -0.15) is 0 Å². The zero-order valence-electron chi connectivity index (χ0n) is 8.40. The van der Waals surface area contributed by atoms with Crippen LogP contribution in [0.5, 0.6) is 0 Å². The Balaban J connectivity index is 2.44. The van der Waals surface area contributed by atoms with Crippen LogP contribution in [0.15, 0.2) is 48.5 Å². The maximum Gasteiger partial charge on any atom is 0.129 e. The standard InChI is InChI=1S/C13H10ClFO/c14-11-7-3-1-5-9(11)13(16)10-6-2-4-8-12(10)15/h1-8,13,16H. The Morgan fingerprint density at radius 2 is 1.50 bits per heavy atom. The van der Waals surface area contributed by atoms with Crippen molar-refractivity contribution in [1.29, 1.82) is 0 Å². The van der Waals surface area contributed by atoms with Crippen LogP contribution < -0.4 is 0 Å². The fraction of sp³-hybridized carbons (Fsp3) is 0.0769. The van der Waals surface area contributed by atoms with Crippen molar-refractivity contribution in [2.75, 3.05) is 0 Å². The van der Waals surface area contributed by atoms with Crippen molar-refractivity contribution in [2.45, 2.75) is 6.10 Å². The molecule has 0 aromatic heterocycles. The van der Waals surface area contributed by atoms with E-state index in [2.05, 4.69) is 0 Å². The minimum absolute atomic E-state index is 0.232. The van der Waals surface area contributed by atoms with E-state index in [1.54, 1.807) is 42.5 Å². The lowest BCUT2D eigenvalue weighted by Crippen LogP contribution is -2.02. The molecule has 1 nitrogen and oxygen atoms in total. The lowest BCUT2D eigenvalue weighted by molar-refractivity contribution is 0.215. The predicted octanol–water partition coefficient (Wildman–Crippen LogP) is 3.56. The summed E-state index contributed by atoms with van der Waals surface area (Å²) in [5.41, 5.74) is 0.741. The van der Waals surface area contributed by atoms with Crippen LogP contribution in [0.25, 0.3) is 0 Å². The summed E-state index contributed by atoms with van der Waals surface area (Å²) >= 11 is 5.94. The minimum atomic E-state index is -1.03. The van der Waals surface area contributed by atoms with Crippen LogP contribution in [0.3, 0.4) is 0 Å². The quantitative estimate of drug-likeness (QED) is 0.845. The maximum atomic E-state index is 13.5. The van der Waals surface area contributed by atoms with Gasteiger partial charge in [-0.3, -0.25) is 0 Å². The Bertz CT molecular complexity index is 453. The highest BCUT2D eigenvalue weighted by atomic mass is 35.5. The zero-order chi connectivity index (χ0) is 11.5. The first-order valence-corrected chi connectivity index (χ1v) is 5.25. The Labute approximate surface area is 98.1 Å². The molecular formula is C13H10ClFO. The van der Waals surface area contributed by atoms with Gasteiger partial charge in [-0.05, 0) is 12.1 Å². The topological polar surface area (TPSA) is 20.2 Å². The molecule has 0 aliphatic carbocycles. The van der Waals surface area contributed by atoms with E-state index in [-0.39, 0.29) is 5.56 Å². The van der Waals surface area contributed by atoms with Crippen LogP contribution in [0, 0.1) is 5.82 Å². The van der Waals surface area contributed by atoms with Gasteiger partial charge >= 0.3 is 0 Å². The molecule has 0 heterocycles. The van der Waals surface area contributed by atoms with E-state index in [9.17, 15) is 9.50 Å². The molecule has 1 unspecified atom stereocenters. The molecule has 2 aromatic carbocycles. The highest BCUT2D eigenvalue weighted by Crippen LogP contribution is 2.29. The van der Waals surface area contributed by atoms with Gasteiger partial charge in [-0.1, -0.05) is 48.0 Å². The van der Waals surface area contributed by atoms with E-state index in [1.165, 1.54) is 6.07 Å². The summed E-state index contributed by atoms with van der Waals surface area (Å²) < 4.78 is 13.5. The van der Waals surface area contributed by atoms with Crippen molar-refractivity contribution in [3.63, 3.8) is 0 Å². The van der Waals surface area contributed by atoms with Crippen LogP contribution >= 0.6 is 11.6 Å². The van der Waals surface area contributed by atoms with E-state index in [1.807, 2.05) is 0 Å². The lowest BCUT2D eigenvalue weighted by atomic mass is 10.0. The molecule has 0 saturated heterocycles. The number of halogens is 2. The number of rotatable bonds is 2. The molecule has 0 bridgehead atoms. The van der Waals surface area contributed by atoms with Gasteiger partial charge in [0.15, 0.2) is 0 Å². The first-order valence-electron chi connectivity index (χ1n) is 4.87. The SMILES string of the molecule is OC(c1ccccc1F)c1ccccc1Cl. The van der Waals surface area contributed by atoms with Gasteiger partial charge in [-0.25, -0.2) is 4.39 Å². The monoisotopic (exact) mass is 236 g/mol. The zero-order valence-corrected chi connectivity index (χ0v) is 9.16. The van der Waals surface area contributed by atoms with Crippen LogP contribution in [0.2, 0.25) is 5.02 Å². The minimum Gasteiger partial charge on any atom is -0.383 e. The Hall–Kier alpha value is -1.38. The summed E-state index contributed by atoms with van der Waals surface area (Å²) in [6.45, 7) is 0.